The number of fused-ring (bicyclic) bond motifs is 2. The highest BCUT2D eigenvalue weighted by Gasteiger charge is 2.26. The zero-order valence-electron chi connectivity index (χ0n) is 18.6. The van der Waals surface area contributed by atoms with Crippen molar-refractivity contribution in [2.75, 3.05) is 13.2 Å². The van der Waals surface area contributed by atoms with Gasteiger partial charge >= 0.3 is 6.03 Å². The van der Waals surface area contributed by atoms with Crippen molar-refractivity contribution in [3.05, 3.63) is 70.0 Å². The molecule has 0 atom stereocenters. The molecule has 0 spiro atoms. The van der Waals surface area contributed by atoms with E-state index in [2.05, 4.69) is 10.3 Å². The van der Waals surface area contributed by atoms with Crippen molar-refractivity contribution >= 4 is 16.9 Å². The monoisotopic (exact) mass is 447 g/mol. The maximum absolute atomic E-state index is 13.3. The van der Waals surface area contributed by atoms with Gasteiger partial charge in [0.25, 0.3) is 5.56 Å². The second-order valence-corrected chi connectivity index (χ2v) is 8.77. The van der Waals surface area contributed by atoms with Gasteiger partial charge < -0.3 is 24.7 Å². The summed E-state index contributed by atoms with van der Waals surface area (Å²) < 4.78 is 11.3. The normalized spacial score (nSPS) is 15.9. The molecule has 7 nitrogen and oxygen atoms in total. The first kappa shape index (κ1) is 21.4. The fourth-order valence-corrected chi connectivity index (χ4v) is 4.72. The Bertz CT molecular complexity index is 1190. The summed E-state index contributed by atoms with van der Waals surface area (Å²) in [5.41, 5.74) is 2.13. The minimum Gasteiger partial charge on any atom is -0.486 e. The van der Waals surface area contributed by atoms with Gasteiger partial charge in [-0.25, -0.2) is 4.79 Å². The molecular weight excluding hydrogens is 418 g/mol. The van der Waals surface area contributed by atoms with Crippen molar-refractivity contribution in [1.29, 1.82) is 0 Å². The molecule has 0 radical (unpaired) electrons. The van der Waals surface area contributed by atoms with Crippen molar-refractivity contribution in [2.24, 2.45) is 0 Å². The number of nitrogens with zero attached hydrogens (tertiary/aromatic N) is 1. The average molecular weight is 448 g/mol. The van der Waals surface area contributed by atoms with Crippen LogP contribution in [-0.4, -0.2) is 35.2 Å². The van der Waals surface area contributed by atoms with Crippen LogP contribution in [0.2, 0.25) is 0 Å². The molecule has 2 amide bonds. The van der Waals surface area contributed by atoms with Crippen molar-refractivity contribution in [3.8, 4) is 11.5 Å². The second-order valence-electron chi connectivity index (χ2n) is 8.77. The van der Waals surface area contributed by atoms with E-state index in [0.717, 1.165) is 36.6 Å². The predicted molar refractivity (Wildman–Crippen MR) is 127 cm³/mol. The lowest BCUT2D eigenvalue weighted by Crippen LogP contribution is -2.47. The third-order valence-corrected chi connectivity index (χ3v) is 6.49. The molecule has 1 saturated carbocycles. The summed E-state index contributed by atoms with van der Waals surface area (Å²) in [4.78, 5) is 31.0. The number of aromatic amines is 1. The number of pyridine rings is 1. The van der Waals surface area contributed by atoms with Gasteiger partial charge in [0.05, 0.1) is 12.1 Å². The molecule has 1 aliphatic heterocycles. The Kier molecular flexibility index (Phi) is 6.19. The van der Waals surface area contributed by atoms with Crippen LogP contribution in [0.25, 0.3) is 10.9 Å². The van der Waals surface area contributed by atoms with Gasteiger partial charge in [-0.2, -0.15) is 0 Å². The van der Waals surface area contributed by atoms with E-state index in [0.29, 0.717) is 42.3 Å². The number of rotatable bonds is 5. The van der Waals surface area contributed by atoms with E-state index < -0.39 is 0 Å². The second kappa shape index (κ2) is 9.57. The highest BCUT2D eigenvalue weighted by molar-refractivity contribution is 5.83. The maximum atomic E-state index is 13.3. The quantitative estimate of drug-likeness (QED) is 0.609. The van der Waals surface area contributed by atoms with Crippen LogP contribution in [0.4, 0.5) is 4.79 Å². The average Bonchev–Trinajstić information content (AvgIpc) is 2.86. The van der Waals surface area contributed by atoms with Crippen LogP contribution in [0, 0.1) is 0 Å². The number of aromatic nitrogens is 1. The summed E-state index contributed by atoms with van der Waals surface area (Å²) in [5, 5.41) is 3.92. The lowest BCUT2D eigenvalue weighted by Gasteiger charge is -2.34. The molecule has 1 aromatic heterocycles. The lowest BCUT2D eigenvalue weighted by atomic mass is 9.94. The summed E-state index contributed by atoms with van der Waals surface area (Å²) in [6.07, 6.45) is 5.32. The lowest BCUT2D eigenvalue weighted by molar-refractivity contribution is 0.150. The Morgan fingerprint density at radius 2 is 1.73 bits per heavy atom. The number of urea groups is 1. The molecule has 0 bridgehead atoms. The molecule has 1 aliphatic carbocycles. The van der Waals surface area contributed by atoms with E-state index in [1.165, 1.54) is 6.42 Å². The van der Waals surface area contributed by atoms with Gasteiger partial charge in [-0.1, -0.05) is 49.6 Å². The number of amides is 2. The van der Waals surface area contributed by atoms with Crippen LogP contribution in [-0.2, 0) is 13.1 Å². The number of ether oxygens (including phenoxy) is 2. The summed E-state index contributed by atoms with van der Waals surface area (Å²) in [6, 6.07) is 15.4. The fourth-order valence-electron chi connectivity index (χ4n) is 4.72. The standard InChI is InChI=1S/C26H29N3O4/c30-25-20(13-19-14-23-24(15-22(19)28-25)33-12-11-32-23)17-29(21-9-5-2-6-10-21)26(31)27-16-18-7-3-1-4-8-18/h1,3-4,7-8,13-15,21H,2,5-6,9-12,16-17H2,(H,27,31)(H,28,30). The van der Waals surface area contributed by atoms with Gasteiger partial charge in [-0.05, 0) is 30.5 Å². The van der Waals surface area contributed by atoms with E-state index in [-0.39, 0.29) is 24.2 Å². The third kappa shape index (κ3) is 4.82. The maximum Gasteiger partial charge on any atom is 0.318 e. The Labute approximate surface area is 192 Å². The van der Waals surface area contributed by atoms with E-state index in [1.54, 1.807) is 6.07 Å². The van der Waals surface area contributed by atoms with Crippen LogP contribution in [0.5, 0.6) is 11.5 Å². The van der Waals surface area contributed by atoms with Crippen LogP contribution < -0.4 is 20.3 Å². The van der Waals surface area contributed by atoms with E-state index in [9.17, 15) is 9.59 Å². The molecule has 0 unspecified atom stereocenters. The summed E-state index contributed by atoms with van der Waals surface area (Å²) in [6.45, 7) is 1.73. The molecule has 5 rings (SSSR count). The van der Waals surface area contributed by atoms with E-state index >= 15 is 0 Å². The molecule has 7 heteroatoms. The third-order valence-electron chi connectivity index (χ3n) is 6.49. The van der Waals surface area contributed by atoms with E-state index in [4.69, 9.17) is 9.47 Å². The molecule has 0 saturated heterocycles. The molecular formula is C26H29N3O4. The smallest absolute Gasteiger partial charge is 0.318 e. The number of nitrogens with one attached hydrogen (secondary N) is 2. The predicted octanol–water partition coefficient (Wildman–Crippen LogP) is 4.34. The van der Waals surface area contributed by atoms with Crippen molar-refractivity contribution < 1.29 is 14.3 Å². The van der Waals surface area contributed by atoms with Crippen molar-refractivity contribution in [1.82, 2.24) is 15.2 Å². The molecule has 3 aromatic rings. The first-order valence-electron chi connectivity index (χ1n) is 11.7. The number of benzene rings is 2. The zero-order valence-corrected chi connectivity index (χ0v) is 18.6. The minimum atomic E-state index is -0.184. The number of carbonyl (C=O) groups is 1. The molecule has 2 heterocycles. The molecule has 33 heavy (non-hydrogen) atoms. The molecule has 2 aromatic carbocycles. The largest absolute Gasteiger partial charge is 0.486 e. The highest BCUT2D eigenvalue weighted by atomic mass is 16.6. The Morgan fingerprint density at radius 3 is 2.48 bits per heavy atom. The minimum absolute atomic E-state index is 0.130. The van der Waals surface area contributed by atoms with Crippen molar-refractivity contribution in [2.45, 2.75) is 51.2 Å². The highest BCUT2D eigenvalue weighted by Crippen LogP contribution is 2.34. The van der Waals surface area contributed by atoms with Crippen LogP contribution in [0.3, 0.4) is 0 Å². The van der Waals surface area contributed by atoms with Gasteiger partial charge in [0, 0.05) is 29.6 Å². The summed E-state index contributed by atoms with van der Waals surface area (Å²) >= 11 is 0. The van der Waals surface area contributed by atoms with Crippen molar-refractivity contribution in [3.63, 3.8) is 0 Å². The number of hydrogen-bond donors (Lipinski definition) is 2. The number of H-pyrrole nitrogens is 1. The first-order valence-corrected chi connectivity index (χ1v) is 11.7. The van der Waals surface area contributed by atoms with Gasteiger partial charge in [-0.15, -0.1) is 0 Å². The molecule has 1 fully saturated rings. The van der Waals surface area contributed by atoms with Crippen LogP contribution in [0.15, 0.2) is 53.3 Å². The number of hydrogen-bond acceptors (Lipinski definition) is 4. The molecule has 2 N–H and O–H groups in total. The van der Waals surface area contributed by atoms with Crippen LogP contribution >= 0.6 is 0 Å². The Balaban J connectivity index is 1.41. The molecule has 172 valence electrons. The van der Waals surface area contributed by atoms with Gasteiger partial charge in [0.2, 0.25) is 0 Å². The fraction of sp³-hybridized carbons (Fsp3) is 0.385. The summed E-state index contributed by atoms with van der Waals surface area (Å²) in [7, 11) is 0. The Morgan fingerprint density at radius 1 is 1.00 bits per heavy atom. The van der Waals surface area contributed by atoms with E-state index in [1.807, 2.05) is 47.4 Å². The SMILES string of the molecule is O=C(NCc1ccccc1)N(Cc1cc2cc3c(cc2[nH]c1=O)OCCO3)C1CCCCC1. The van der Waals surface area contributed by atoms with Gasteiger partial charge in [0.1, 0.15) is 13.2 Å². The van der Waals surface area contributed by atoms with Gasteiger partial charge in [-0.3, -0.25) is 4.79 Å². The van der Waals surface area contributed by atoms with Crippen LogP contribution in [0.1, 0.15) is 43.2 Å². The zero-order chi connectivity index (χ0) is 22.6. The molecule has 2 aliphatic rings. The first-order chi connectivity index (χ1) is 16.2. The van der Waals surface area contributed by atoms with Gasteiger partial charge in [0.15, 0.2) is 11.5 Å². The Hall–Kier alpha value is -3.48. The number of carbonyl (C=O) groups excluding carboxylic acids is 1. The topological polar surface area (TPSA) is 83.7 Å². The summed E-state index contributed by atoms with van der Waals surface area (Å²) in [5.74, 6) is 1.32.